The van der Waals surface area contributed by atoms with E-state index < -0.39 is 0 Å². The predicted molar refractivity (Wildman–Crippen MR) is 81.9 cm³/mol. The van der Waals surface area contributed by atoms with Crippen molar-refractivity contribution in [3.8, 4) is 0 Å². The fourth-order valence-electron chi connectivity index (χ4n) is 2.82. The summed E-state index contributed by atoms with van der Waals surface area (Å²) in [5.41, 5.74) is 1.19. The van der Waals surface area contributed by atoms with E-state index in [1.165, 1.54) is 25.0 Å². The van der Waals surface area contributed by atoms with Gasteiger partial charge >= 0.3 is 0 Å². The fraction of sp³-hybridized carbons (Fsp3) is 0.812. The molecule has 1 fully saturated rings. The molecule has 0 aliphatic carbocycles. The van der Waals surface area contributed by atoms with Gasteiger partial charge in [0.2, 0.25) is 0 Å². The molecule has 0 bridgehead atoms. The average molecular weight is 279 g/mol. The summed E-state index contributed by atoms with van der Waals surface area (Å²) >= 11 is 0. The molecular formula is C16H29N3O. The summed E-state index contributed by atoms with van der Waals surface area (Å²) in [6.07, 6.45) is 6.73. The van der Waals surface area contributed by atoms with Gasteiger partial charge in [0.25, 0.3) is 0 Å². The number of ether oxygens (including phenoxy) is 1. The topological polar surface area (TPSA) is 39.1 Å². The van der Waals surface area contributed by atoms with Crippen molar-refractivity contribution < 1.29 is 4.74 Å². The molecule has 0 saturated carbocycles. The van der Waals surface area contributed by atoms with E-state index in [0.717, 1.165) is 26.2 Å². The van der Waals surface area contributed by atoms with Gasteiger partial charge in [-0.2, -0.15) is 5.10 Å². The van der Waals surface area contributed by atoms with E-state index in [4.69, 9.17) is 4.74 Å². The van der Waals surface area contributed by atoms with Gasteiger partial charge in [0, 0.05) is 31.3 Å². The lowest BCUT2D eigenvalue weighted by atomic mass is 9.90. The van der Waals surface area contributed by atoms with Crippen LogP contribution in [0.4, 0.5) is 0 Å². The van der Waals surface area contributed by atoms with Crippen LogP contribution in [0.1, 0.15) is 51.8 Å². The Morgan fingerprint density at radius 2 is 2.35 bits per heavy atom. The van der Waals surface area contributed by atoms with Crippen LogP contribution in [-0.2, 0) is 11.2 Å². The molecule has 1 aromatic rings. The van der Waals surface area contributed by atoms with E-state index in [1.807, 2.05) is 4.68 Å². The summed E-state index contributed by atoms with van der Waals surface area (Å²) in [5.74, 6) is 0.625. The molecule has 20 heavy (non-hydrogen) atoms. The summed E-state index contributed by atoms with van der Waals surface area (Å²) in [6, 6.07) is 3.08. The molecule has 1 aliphatic heterocycles. The molecule has 2 heterocycles. The standard InChI is InChI=1S/C16H29N3O/c1-4-8-17-16(14-6-5-10-20-12-14)11-15-7-9-19(18-15)13(2)3/h7,9,13-14,16-17H,4-6,8,10-12H2,1-3H3. The van der Waals surface area contributed by atoms with E-state index >= 15 is 0 Å². The summed E-state index contributed by atoms with van der Waals surface area (Å²) in [7, 11) is 0. The minimum Gasteiger partial charge on any atom is -0.381 e. The zero-order chi connectivity index (χ0) is 14.4. The molecule has 2 unspecified atom stereocenters. The molecule has 0 aromatic carbocycles. The molecule has 4 nitrogen and oxygen atoms in total. The number of rotatable bonds is 7. The van der Waals surface area contributed by atoms with Crippen molar-refractivity contribution in [2.24, 2.45) is 5.92 Å². The third-order valence-corrected chi connectivity index (χ3v) is 4.04. The van der Waals surface area contributed by atoms with Crippen molar-refractivity contribution in [2.75, 3.05) is 19.8 Å². The summed E-state index contributed by atoms with van der Waals surface area (Å²) < 4.78 is 7.70. The second-order valence-corrected chi connectivity index (χ2v) is 6.12. The maximum Gasteiger partial charge on any atom is 0.0640 e. The van der Waals surface area contributed by atoms with E-state index in [9.17, 15) is 0 Å². The lowest BCUT2D eigenvalue weighted by Crippen LogP contribution is -2.42. The van der Waals surface area contributed by atoms with Crippen molar-refractivity contribution in [1.82, 2.24) is 15.1 Å². The molecule has 2 atom stereocenters. The molecule has 0 amide bonds. The highest BCUT2D eigenvalue weighted by Gasteiger charge is 2.24. The normalized spacial score (nSPS) is 21.3. The minimum absolute atomic E-state index is 0.434. The molecule has 0 radical (unpaired) electrons. The van der Waals surface area contributed by atoms with Crippen LogP contribution in [0.5, 0.6) is 0 Å². The predicted octanol–water partition coefficient (Wildman–Crippen LogP) is 2.80. The number of hydrogen-bond donors (Lipinski definition) is 1. The van der Waals surface area contributed by atoms with Crippen molar-refractivity contribution in [3.05, 3.63) is 18.0 Å². The average Bonchev–Trinajstić information content (AvgIpc) is 2.93. The van der Waals surface area contributed by atoms with E-state index in [1.54, 1.807) is 0 Å². The number of nitrogens with one attached hydrogen (secondary N) is 1. The molecule has 1 aromatic heterocycles. The molecule has 2 rings (SSSR count). The van der Waals surface area contributed by atoms with Crippen LogP contribution in [-0.4, -0.2) is 35.6 Å². The Labute approximate surface area is 122 Å². The first-order valence-electron chi connectivity index (χ1n) is 8.06. The quantitative estimate of drug-likeness (QED) is 0.834. The first-order chi connectivity index (χ1) is 9.70. The van der Waals surface area contributed by atoms with Gasteiger partial charge in [0.1, 0.15) is 0 Å². The van der Waals surface area contributed by atoms with E-state index in [0.29, 0.717) is 18.0 Å². The molecular weight excluding hydrogens is 250 g/mol. The smallest absolute Gasteiger partial charge is 0.0640 e. The van der Waals surface area contributed by atoms with Crippen molar-refractivity contribution in [2.45, 2.75) is 58.5 Å². The first kappa shape index (κ1) is 15.5. The molecule has 1 saturated heterocycles. The van der Waals surface area contributed by atoms with Gasteiger partial charge in [-0.1, -0.05) is 6.92 Å². The summed E-state index contributed by atoms with van der Waals surface area (Å²) in [6.45, 7) is 9.45. The van der Waals surface area contributed by atoms with Gasteiger partial charge < -0.3 is 10.1 Å². The Bertz CT molecular complexity index is 383. The van der Waals surface area contributed by atoms with Crippen LogP contribution in [0.3, 0.4) is 0 Å². The third kappa shape index (κ3) is 4.32. The minimum atomic E-state index is 0.434. The van der Waals surface area contributed by atoms with Gasteiger partial charge in [0.05, 0.1) is 12.3 Å². The highest BCUT2D eigenvalue weighted by Crippen LogP contribution is 2.20. The molecule has 4 heteroatoms. The summed E-state index contributed by atoms with van der Waals surface area (Å²) in [4.78, 5) is 0. The van der Waals surface area contributed by atoms with E-state index in [-0.39, 0.29) is 0 Å². The lowest BCUT2D eigenvalue weighted by Gasteiger charge is -2.30. The van der Waals surface area contributed by atoms with Crippen LogP contribution in [0.25, 0.3) is 0 Å². The second-order valence-electron chi connectivity index (χ2n) is 6.12. The Kier molecular flexibility index (Phi) is 6.05. The van der Waals surface area contributed by atoms with Crippen molar-refractivity contribution in [3.63, 3.8) is 0 Å². The first-order valence-corrected chi connectivity index (χ1v) is 8.06. The summed E-state index contributed by atoms with van der Waals surface area (Å²) in [5, 5.41) is 8.39. The van der Waals surface area contributed by atoms with Gasteiger partial charge in [-0.15, -0.1) is 0 Å². The van der Waals surface area contributed by atoms with Crippen LogP contribution in [0.15, 0.2) is 12.3 Å². The Morgan fingerprint density at radius 1 is 1.50 bits per heavy atom. The Morgan fingerprint density at radius 3 is 2.95 bits per heavy atom. The van der Waals surface area contributed by atoms with Gasteiger partial charge in [-0.3, -0.25) is 4.68 Å². The third-order valence-electron chi connectivity index (χ3n) is 4.04. The highest BCUT2D eigenvalue weighted by atomic mass is 16.5. The van der Waals surface area contributed by atoms with E-state index in [2.05, 4.69) is 43.4 Å². The number of hydrogen-bond acceptors (Lipinski definition) is 3. The van der Waals surface area contributed by atoms with Gasteiger partial charge in [0.15, 0.2) is 0 Å². The fourth-order valence-corrected chi connectivity index (χ4v) is 2.82. The largest absolute Gasteiger partial charge is 0.381 e. The van der Waals surface area contributed by atoms with Crippen molar-refractivity contribution >= 4 is 0 Å². The molecule has 0 spiro atoms. The monoisotopic (exact) mass is 279 g/mol. The molecule has 1 N–H and O–H groups in total. The maximum atomic E-state index is 5.66. The number of nitrogens with zero attached hydrogens (tertiary/aromatic N) is 2. The highest BCUT2D eigenvalue weighted by molar-refractivity contribution is 5.03. The van der Waals surface area contributed by atoms with Crippen LogP contribution in [0.2, 0.25) is 0 Å². The van der Waals surface area contributed by atoms with Gasteiger partial charge in [-0.05, 0) is 51.6 Å². The van der Waals surface area contributed by atoms with Crippen molar-refractivity contribution in [1.29, 1.82) is 0 Å². The van der Waals surface area contributed by atoms with Crippen LogP contribution < -0.4 is 5.32 Å². The van der Waals surface area contributed by atoms with Crippen LogP contribution >= 0.6 is 0 Å². The maximum absolute atomic E-state index is 5.66. The zero-order valence-corrected chi connectivity index (χ0v) is 13.1. The van der Waals surface area contributed by atoms with Gasteiger partial charge in [-0.25, -0.2) is 0 Å². The zero-order valence-electron chi connectivity index (χ0n) is 13.1. The Hall–Kier alpha value is -0.870. The number of aromatic nitrogens is 2. The lowest BCUT2D eigenvalue weighted by molar-refractivity contribution is 0.0392. The van der Waals surface area contributed by atoms with Crippen LogP contribution in [0, 0.1) is 5.92 Å². The SMILES string of the molecule is CCCNC(Cc1ccn(C(C)C)n1)C1CCCOC1. The Balaban J connectivity index is 1.97. The molecule has 1 aliphatic rings. The molecule has 114 valence electrons. The second kappa shape index (κ2) is 7.79.